The molecule has 2 aliphatic heterocycles. The van der Waals surface area contributed by atoms with Crippen molar-refractivity contribution in [3.8, 4) is 11.5 Å². The second-order valence-electron chi connectivity index (χ2n) is 7.22. The Kier molecular flexibility index (Phi) is 6.83. The number of methoxy groups -OCH3 is 2. The van der Waals surface area contributed by atoms with Gasteiger partial charge in [-0.1, -0.05) is 0 Å². The zero-order valence-electron chi connectivity index (χ0n) is 16.4. The van der Waals surface area contributed by atoms with Crippen LogP contribution >= 0.6 is 0 Å². The van der Waals surface area contributed by atoms with Gasteiger partial charge in [0, 0.05) is 17.5 Å². The van der Waals surface area contributed by atoms with Crippen LogP contribution in [0.4, 0.5) is 0 Å². The van der Waals surface area contributed by atoms with E-state index in [1.54, 1.807) is 14.2 Å². The third-order valence-corrected chi connectivity index (χ3v) is 5.65. The van der Waals surface area contributed by atoms with Gasteiger partial charge in [-0.05, 0) is 61.4 Å². The fourth-order valence-electron chi connectivity index (χ4n) is 4.09. The van der Waals surface area contributed by atoms with Crippen LogP contribution in [0.5, 0.6) is 11.5 Å². The predicted molar refractivity (Wildman–Crippen MR) is 102 cm³/mol. The van der Waals surface area contributed by atoms with Gasteiger partial charge in [-0.3, -0.25) is 0 Å². The van der Waals surface area contributed by atoms with Crippen LogP contribution in [0.1, 0.15) is 30.4 Å². The number of hydrogen-bond donors (Lipinski definition) is 1. The van der Waals surface area contributed by atoms with E-state index in [-0.39, 0.29) is 18.5 Å². The average Bonchev–Trinajstić information content (AvgIpc) is 3.21. The summed E-state index contributed by atoms with van der Waals surface area (Å²) in [5.41, 5.74) is 1.96. The van der Waals surface area contributed by atoms with E-state index < -0.39 is 5.79 Å². The number of quaternary nitrogens is 1. The first kappa shape index (κ1) is 20.9. The summed E-state index contributed by atoms with van der Waals surface area (Å²) in [5.74, 6) is 0.742. The Hall–Kier alpha value is -1.79. The van der Waals surface area contributed by atoms with Crippen molar-refractivity contribution in [3.05, 3.63) is 59.7 Å². The second kappa shape index (κ2) is 9.14. The Morgan fingerprint density at radius 3 is 1.93 bits per heavy atom. The number of ether oxygens (including phenoxy) is 4. The van der Waals surface area contributed by atoms with Crippen LogP contribution in [0, 0.1) is 0 Å². The smallest absolute Gasteiger partial charge is 0.223 e. The Bertz CT molecular complexity index is 697. The van der Waals surface area contributed by atoms with Crippen LogP contribution in [-0.2, 0) is 15.3 Å². The SMILES string of the molecule is COc1ccc(C2(c3ccc(OC)cc3)OCC(C3CCCC[NH2+]3)O2)cc1.[Cl-]. The summed E-state index contributed by atoms with van der Waals surface area (Å²) in [4.78, 5) is 0. The molecule has 6 heteroatoms. The summed E-state index contributed by atoms with van der Waals surface area (Å²) in [7, 11) is 3.34. The summed E-state index contributed by atoms with van der Waals surface area (Å²) in [6.45, 7) is 1.77. The van der Waals surface area contributed by atoms with Gasteiger partial charge in [0.1, 0.15) is 23.6 Å². The quantitative estimate of drug-likeness (QED) is 0.724. The predicted octanol–water partition coefficient (Wildman–Crippen LogP) is -0.560. The van der Waals surface area contributed by atoms with E-state index in [0.717, 1.165) is 22.6 Å². The standard InChI is InChI=1S/C22H27NO4.ClH/c1-24-18-10-6-16(7-11-18)22(17-8-12-19(25-2)13-9-17)26-15-21(27-22)20-5-3-4-14-23-20;/h6-13,20-21,23H,3-5,14-15H2,1-2H3;1H. The average molecular weight is 406 g/mol. The van der Waals surface area contributed by atoms with E-state index >= 15 is 0 Å². The van der Waals surface area contributed by atoms with Crippen molar-refractivity contribution < 1.29 is 36.7 Å². The molecular formula is C22H28ClNO4. The molecule has 2 saturated heterocycles. The minimum atomic E-state index is -0.894. The van der Waals surface area contributed by atoms with Crippen molar-refractivity contribution in [2.45, 2.75) is 37.2 Å². The highest BCUT2D eigenvalue weighted by atomic mass is 35.5. The lowest BCUT2D eigenvalue weighted by Gasteiger charge is -2.31. The molecule has 0 spiro atoms. The van der Waals surface area contributed by atoms with Crippen molar-refractivity contribution in [1.82, 2.24) is 0 Å². The Morgan fingerprint density at radius 2 is 1.46 bits per heavy atom. The molecule has 2 aromatic rings. The van der Waals surface area contributed by atoms with E-state index in [9.17, 15) is 0 Å². The summed E-state index contributed by atoms with van der Waals surface area (Å²) >= 11 is 0. The molecule has 5 nitrogen and oxygen atoms in total. The Morgan fingerprint density at radius 1 is 0.893 bits per heavy atom. The van der Waals surface area contributed by atoms with Gasteiger partial charge in [0.25, 0.3) is 0 Å². The van der Waals surface area contributed by atoms with Crippen LogP contribution < -0.4 is 27.2 Å². The highest BCUT2D eigenvalue weighted by Crippen LogP contribution is 2.42. The summed E-state index contributed by atoms with van der Waals surface area (Å²) in [6.07, 6.45) is 3.80. The molecule has 0 bridgehead atoms. The largest absolute Gasteiger partial charge is 1.00 e. The number of piperidine rings is 1. The van der Waals surface area contributed by atoms with Gasteiger partial charge >= 0.3 is 0 Å². The minimum Gasteiger partial charge on any atom is -1.00 e. The molecule has 0 radical (unpaired) electrons. The first-order valence-electron chi connectivity index (χ1n) is 9.69. The van der Waals surface area contributed by atoms with Crippen molar-refractivity contribution >= 4 is 0 Å². The fraction of sp³-hybridized carbons (Fsp3) is 0.455. The summed E-state index contributed by atoms with van der Waals surface area (Å²) in [5, 5.41) is 2.41. The first-order valence-corrected chi connectivity index (χ1v) is 9.69. The minimum absolute atomic E-state index is 0. The van der Waals surface area contributed by atoms with E-state index in [0.29, 0.717) is 12.6 Å². The van der Waals surface area contributed by atoms with E-state index in [1.165, 1.54) is 25.8 Å². The monoisotopic (exact) mass is 405 g/mol. The number of rotatable bonds is 5. The maximum absolute atomic E-state index is 6.67. The third kappa shape index (κ3) is 3.98. The number of hydrogen-bond acceptors (Lipinski definition) is 4. The number of halogens is 1. The molecular weight excluding hydrogens is 378 g/mol. The molecule has 2 atom stereocenters. The number of nitrogens with two attached hydrogens (primary N) is 1. The zero-order valence-corrected chi connectivity index (χ0v) is 17.2. The topological polar surface area (TPSA) is 53.5 Å². The molecule has 0 aliphatic carbocycles. The molecule has 4 rings (SSSR count). The summed E-state index contributed by atoms with van der Waals surface area (Å²) < 4.78 is 23.7. The third-order valence-electron chi connectivity index (χ3n) is 5.65. The second-order valence-corrected chi connectivity index (χ2v) is 7.22. The molecule has 0 amide bonds. The van der Waals surface area contributed by atoms with Crippen LogP contribution in [0.15, 0.2) is 48.5 Å². The van der Waals surface area contributed by atoms with Gasteiger partial charge < -0.3 is 36.7 Å². The van der Waals surface area contributed by atoms with Crippen LogP contribution in [0.3, 0.4) is 0 Å². The van der Waals surface area contributed by atoms with Crippen LogP contribution in [-0.4, -0.2) is 39.5 Å². The number of benzene rings is 2. The lowest BCUT2D eigenvalue weighted by Crippen LogP contribution is -3.00. The molecule has 2 aromatic carbocycles. The molecule has 2 unspecified atom stereocenters. The van der Waals surface area contributed by atoms with Crippen LogP contribution in [0.25, 0.3) is 0 Å². The van der Waals surface area contributed by atoms with Gasteiger partial charge in [0.15, 0.2) is 0 Å². The molecule has 28 heavy (non-hydrogen) atoms. The molecule has 152 valence electrons. The highest BCUT2D eigenvalue weighted by molar-refractivity contribution is 5.40. The molecule has 0 saturated carbocycles. The Labute approximate surface area is 172 Å². The summed E-state index contributed by atoms with van der Waals surface area (Å²) in [6, 6.07) is 16.4. The molecule has 2 aliphatic rings. The molecule has 2 N–H and O–H groups in total. The molecule has 0 aromatic heterocycles. The van der Waals surface area contributed by atoms with Gasteiger partial charge in [0.05, 0.1) is 27.4 Å². The van der Waals surface area contributed by atoms with E-state index in [1.807, 2.05) is 48.5 Å². The van der Waals surface area contributed by atoms with Crippen molar-refractivity contribution in [2.75, 3.05) is 27.4 Å². The zero-order chi connectivity index (χ0) is 18.7. The van der Waals surface area contributed by atoms with Crippen LogP contribution in [0.2, 0.25) is 0 Å². The highest BCUT2D eigenvalue weighted by Gasteiger charge is 2.48. The first-order chi connectivity index (χ1) is 13.2. The van der Waals surface area contributed by atoms with Crippen molar-refractivity contribution in [2.24, 2.45) is 0 Å². The van der Waals surface area contributed by atoms with Gasteiger partial charge in [-0.2, -0.15) is 0 Å². The van der Waals surface area contributed by atoms with Gasteiger partial charge in [0.2, 0.25) is 5.79 Å². The lowest BCUT2D eigenvalue weighted by atomic mass is 9.96. The van der Waals surface area contributed by atoms with E-state index in [4.69, 9.17) is 18.9 Å². The molecule has 2 heterocycles. The van der Waals surface area contributed by atoms with Crippen molar-refractivity contribution in [3.63, 3.8) is 0 Å². The van der Waals surface area contributed by atoms with Gasteiger partial charge in [-0.25, -0.2) is 0 Å². The Balaban J connectivity index is 0.00000225. The lowest BCUT2D eigenvalue weighted by molar-refractivity contribution is -0.704. The molecule has 2 fully saturated rings. The van der Waals surface area contributed by atoms with Gasteiger partial charge in [-0.15, -0.1) is 0 Å². The normalized spacial score (nSPS) is 23.6. The van der Waals surface area contributed by atoms with E-state index in [2.05, 4.69) is 5.32 Å². The maximum Gasteiger partial charge on any atom is 0.223 e. The maximum atomic E-state index is 6.67. The van der Waals surface area contributed by atoms with Crippen molar-refractivity contribution in [1.29, 1.82) is 0 Å². The fourth-order valence-corrected chi connectivity index (χ4v) is 4.09.